The van der Waals surface area contributed by atoms with E-state index in [9.17, 15) is 22.8 Å². The van der Waals surface area contributed by atoms with Crippen LogP contribution in [0.15, 0.2) is 17.1 Å². The third-order valence-corrected chi connectivity index (χ3v) is 3.33. The van der Waals surface area contributed by atoms with Gasteiger partial charge in [0.2, 0.25) is 5.91 Å². The summed E-state index contributed by atoms with van der Waals surface area (Å²) in [6, 6.07) is 0.552. The van der Waals surface area contributed by atoms with Crippen LogP contribution in [0.25, 0.3) is 0 Å². The molecular weight excluding hydrogens is 275 g/mol. The van der Waals surface area contributed by atoms with E-state index in [1.165, 1.54) is 0 Å². The number of carbonyl (C=O) groups is 1. The molecule has 1 aromatic rings. The Morgan fingerprint density at radius 3 is 2.65 bits per heavy atom. The third kappa shape index (κ3) is 3.19. The molecule has 1 heterocycles. The monoisotopic (exact) mass is 289 g/mol. The molecule has 4 N–H and O–H groups in total. The van der Waals surface area contributed by atoms with Gasteiger partial charge in [-0.2, -0.15) is 13.2 Å². The Balaban J connectivity index is 2.17. The van der Waals surface area contributed by atoms with Gasteiger partial charge in [0.05, 0.1) is 5.56 Å². The molecule has 110 valence electrons. The number of pyridine rings is 1. The van der Waals surface area contributed by atoms with Gasteiger partial charge in [-0.25, -0.2) is 0 Å². The summed E-state index contributed by atoms with van der Waals surface area (Å²) in [4.78, 5) is 25.3. The molecule has 1 saturated carbocycles. The number of aromatic nitrogens is 1. The van der Waals surface area contributed by atoms with E-state index in [0.29, 0.717) is 31.5 Å². The van der Waals surface area contributed by atoms with Crippen molar-refractivity contribution in [1.82, 2.24) is 4.98 Å². The highest BCUT2D eigenvalue weighted by molar-refractivity contribution is 5.92. The number of amides is 1. The van der Waals surface area contributed by atoms with E-state index in [4.69, 9.17) is 5.73 Å². The number of aromatic amines is 1. The third-order valence-electron chi connectivity index (χ3n) is 3.33. The molecule has 0 aromatic carbocycles. The molecule has 1 aliphatic rings. The molecule has 1 amide bonds. The number of rotatable bonds is 2. The molecule has 1 aromatic heterocycles. The molecule has 0 aliphatic heterocycles. The van der Waals surface area contributed by atoms with Gasteiger partial charge in [-0.1, -0.05) is 0 Å². The van der Waals surface area contributed by atoms with Gasteiger partial charge < -0.3 is 16.0 Å². The molecule has 8 heteroatoms. The van der Waals surface area contributed by atoms with E-state index < -0.39 is 28.9 Å². The van der Waals surface area contributed by atoms with Crippen molar-refractivity contribution in [2.45, 2.75) is 31.5 Å². The second-order valence-electron chi connectivity index (χ2n) is 4.89. The molecule has 0 saturated heterocycles. The van der Waals surface area contributed by atoms with Crippen LogP contribution in [0.4, 0.5) is 18.9 Å². The molecule has 0 spiro atoms. The lowest BCUT2D eigenvalue weighted by Crippen LogP contribution is -2.27. The Labute approximate surface area is 112 Å². The molecule has 0 radical (unpaired) electrons. The first-order chi connectivity index (χ1) is 9.27. The second-order valence-corrected chi connectivity index (χ2v) is 4.89. The van der Waals surface area contributed by atoms with Crippen LogP contribution < -0.4 is 16.6 Å². The van der Waals surface area contributed by atoms with E-state index in [-0.39, 0.29) is 12.0 Å². The van der Waals surface area contributed by atoms with E-state index in [1.807, 2.05) is 4.98 Å². The minimum Gasteiger partial charge on any atom is -0.328 e. The molecule has 2 unspecified atom stereocenters. The normalized spacial score (nSPS) is 22.8. The van der Waals surface area contributed by atoms with Gasteiger partial charge in [0, 0.05) is 18.2 Å². The lowest BCUT2D eigenvalue weighted by Gasteiger charge is -2.12. The lowest BCUT2D eigenvalue weighted by molar-refractivity contribution is -0.137. The van der Waals surface area contributed by atoms with E-state index in [2.05, 4.69) is 5.32 Å². The van der Waals surface area contributed by atoms with Crippen molar-refractivity contribution >= 4 is 11.6 Å². The average molecular weight is 289 g/mol. The maximum atomic E-state index is 12.5. The number of hydrogen-bond donors (Lipinski definition) is 3. The number of alkyl halides is 3. The molecule has 1 aliphatic carbocycles. The Morgan fingerprint density at radius 1 is 1.40 bits per heavy atom. The fraction of sp³-hybridized carbons (Fsp3) is 0.500. The first-order valence-corrected chi connectivity index (χ1v) is 6.13. The van der Waals surface area contributed by atoms with Gasteiger partial charge in [0.1, 0.15) is 5.69 Å². The van der Waals surface area contributed by atoms with Gasteiger partial charge in [-0.15, -0.1) is 0 Å². The molecule has 20 heavy (non-hydrogen) atoms. The van der Waals surface area contributed by atoms with E-state index >= 15 is 0 Å². The van der Waals surface area contributed by atoms with Crippen LogP contribution in [-0.2, 0) is 11.0 Å². The number of carbonyl (C=O) groups excluding carboxylic acids is 1. The van der Waals surface area contributed by atoms with Crippen LogP contribution >= 0.6 is 0 Å². The van der Waals surface area contributed by atoms with Crippen LogP contribution in [0.3, 0.4) is 0 Å². The summed E-state index contributed by atoms with van der Waals surface area (Å²) in [6.45, 7) is 0. The van der Waals surface area contributed by atoms with Crippen molar-refractivity contribution in [2.75, 3.05) is 5.32 Å². The number of H-pyrrole nitrogens is 1. The zero-order valence-electron chi connectivity index (χ0n) is 10.5. The van der Waals surface area contributed by atoms with E-state index in [0.717, 1.165) is 0 Å². The SMILES string of the molecule is NC1CCC(C(=O)Nc2cc(C(F)(F)F)c[nH]c2=O)C1. The van der Waals surface area contributed by atoms with Crippen molar-refractivity contribution < 1.29 is 18.0 Å². The van der Waals surface area contributed by atoms with Crippen LogP contribution in [0.1, 0.15) is 24.8 Å². The molecular formula is C12H14F3N3O2. The fourth-order valence-electron chi connectivity index (χ4n) is 2.23. The number of nitrogens with one attached hydrogen (secondary N) is 2. The first-order valence-electron chi connectivity index (χ1n) is 6.13. The smallest absolute Gasteiger partial charge is 0.328 e. The van der Waals surface area contributed by atoms with Crippen molar-refractivity contribution in [2.24, 2.45) is 11.7 Å². The number of hydrogen-bond acceptors (Lipinski definition) is 3. The number of halogens is 3. The van der Waals surface area contributed by atoms with Crippen LogP contribution in [0.2, 0.25) is 0 Å². The van der Waals surface area contributed by atoms with Gasteiger partial charge in [0.25, 0.3) is 5.56 Å². The highest BCUT2D eigenvalue weighted by atomic mass is 19.4. The maximum absolute atomic E-state index is 12.5. The predicted octanol–water partition coefficient (Wildman–Crippen LogP) is 1.46. The van der Waals surface area contributed by atoms with Gasteiger partial charge in [0.15, 0.2) is 0 Å². The highest BCUT2D eigenvalue weighted by Gasteiger charge is 2.32. The molecule has 0 bridgehead atoms. The largest absolute Gasteiger partial charge is 0.417 e. The van der Waals surface area contributed by atoms with Crippen LogP contribution in [0.5, 0.6) is 0 Å². The van der Waals surface area contributed by atoms with Gasteiger partial charge in [-0.05, 0) is 25.3 Å². The first kappa shape index (κ1) is 14.6. The minimum atomic E-state index is -4.58. The van der Waals surface area contributed by atoms with Crippen molar-refractivity contribution in [3.8, 4) is 0 Å². The summed E-state index contributed by atoms with van der Waals surface area (Å²) >= 11 is 0. The quantitative estimate of drug-likeness (QED) is 0.770. The minimum absolute atomic E-state index is 0.0782. The number of anilines is 1. The zero-order chi connectivity index (χ0) is 14.9. The summed E-state index contributed by atoms with van der Waals surface area (Å²) in [5.74, 6) is -0.832. The lowest BCUT2D eigenvalue weighted by atomic mass is 10.1. The number of nitrogens with two attached hydrogens (primary N) is 1. The Kier molecular flexibility index (Phi) is 3.85. The average Bonchev–Trinajstić information content (AvgIpc) is 2.77. The molecule has 5 nitrogen and oxygen atoms in total. The van der Waals surface area contributed by atoms with Crippen molar-refractivity contribution in [3.05, 3.63) is 28.2 Å². The Bertz CT molecular complexity index is 568. The molecule has 2 rings (SSSR count). The second kappa shape index (κ2) is 5.28. The summed E-state index contributed by atoms with van der Waals surface area (Å²) in [7, 11) is 0. The molecule has 2 atom stereocenters. The van der Waals surface area contributed by atoms with Gasteiger partial charge in [-0.3, -0.25) is 9.59 Å². The van der Waals surface area contributed by atoms with Crippen LogP contribution in [0, 0.1) is 5.92 Å². The predicted molar refractivity (Wildman–Crippen MR) is 66.0 cm³/mol. The zero-order valence-corrected chi connectivity index (χ0v) is 10.5. The Hall–Kier alpha value is -1.83. The Morgan fingerprint density at radius 2 is 2.10 bits per heavy atom. The fourth-order valence-corrected chi connectivity index (χ4v) is 2.23. The van der Waals surface area contributed by atoms with Crippen molar-refractivity contribution in [1.29, 1.82) is 0 Å². The standard InChI is InChI=1S/C12H14F3N3O2/c13-12(14,15)7-4-9(11(20)17-5-7)18-10(19)6-1-2-8(16)3-6/h4-6,8H,1-3,16H2,(H,17,20)(H,18,19). The summed E-state index contributed by atoms with van der Waals surface area (Å²) < 4.78 is 37.6. The van der Waals surface area contributed by atoms with E-state index in [1.54, 1.807) is 0 Å². The summed E-state index contributed by atoms with van der Waals surface area (Å²) in [5, 5.41) is 2.25. The maximum Gasteiger partial charge on any atom is 0.417 e. The molecule has 1 fully saturated rings. The highest BCUT2D eigenvalue weighted by Crippen LogP contribution is 2.29. The van der Waals surface area contributed by atoms with Crippen LogP contribution in [-0.4, -0.2) is 16.9 Å². The summed E-state index contributed by atoms with van der Waals surface area (Å²) in [5.41, 5.74) is 3.49. The van der Waals surface area contributed by atoms with Crippen molar-refractivity contribution in [3.63, 3.8) is 0 Å². The van der Waals surface area contributed by atoms with Gasteiger partial charge >= 0.3 is 6.18 Å². The summed E-state index contributed by atoms with van der Waals surface area (Å²) in [6.07, 6.45) is -2.27. The topological polar surface area (TPSA) is 88.0 Å².